The number of pyridine rings is 1. The molecule has 0 radical (unpaired) electrons. The van der Waals surface area contributed by atoms with Crippen molar-refractivity contribution in [1.82, 2.24) is 15.2 Å². The van der Waals surface area contributed by atoms with Crippen molar-refractivity contribution in [3.63, 3.8) is 0 Å². The van der Waals surface area contributed by atoms with Gasteiger partial charge >= 0.3 is 6.09 Å². The van der Waals surface area contributed by atoms with E-state index in [1.54, 1.807) is 37.5 Å². The molecule has 2 atom stereocenters. The van der Waals surface area contributed by atoms with Crippen LogP contribution in [0.2, 0.25) is 0 Å². The summed E-state index contributed by atoms with van der Waals surface area (Å²) in [7, 11) is 0. The molecule has 0 unspecified atom stereocenters. The molecule has 1 N–H and O–H groups in total. The van der Waals surface area contributed by atoms with Crippen LogP contribution in [-0.2, 0) is 27.3 Å². The van der Waals surface area contributed by atoms with Crippen LogP contribution in [0.25, 0.3) is 0 Å². The van der Waals surface area contributed by atoms with Crippen LogP contribution in [0.4, 0.5) is 4.79 Å². The minimum atomic E-state index is -1.98. The molecule has 7 nitrogen and oxygen atoms in total. The largest absolute Gasteiger partial charge is 0.422 e. The monoisotopic (exact) mass is 429 g/mol. The second-order valence-corrected chi connectivity index (χ2v) is 7.66. The molecule has 1 aliphatic rings. The van der Waals surface area contributed by atoms with Crippen molar-refractivity contribution in [3.8, 4) is 0 Å². The van der Waals surface area contributed by atoms with Crippen molar-refractivity contribution in [2.45, 2.75) is 31.5 Å². The van der Waals surface area contributed by atoms with Crippen LogP contribution in [0, 0.1) is 0 Å². The fourth-order valence-corrected chi connectivity index (χ4v) is 3.78. The lowest BCUT2D eigenvalue weighted by Gasteiger charge is -2.25. The van der Waals surface area contributed by atoms with Gasteiger partial charge < -0.3 is 10.1 Å². The van der Waals surface area contributed by atoms with Crippen molar-refractivity contribution in [1.29, 1.82) is 0 Å². The number of aromatic nitrogens is 1. The lowest BCUT2D eigenvalue weighted by molar-refractivity contribution is -0.150. The molecule has 2 aromatic carbocycles. The Labute approximate surface area is 186 Å². The number of cyclic esters (lactones) is 1. The van der Waals surface area contributed by atoms with Gasteiger partial charge in [-0.05, 0) is 29.7 Å². The van der Waals surface area contributed by atoms with Crippen LogP contribution in [-0.4, -0.2) is 33.4 Å². The molecule has 1 aromatic heterocycles. The summed E-state index contributed by atoms with van der Waals surface area (Å²) in [6.45, 7) is 1.89. The van der Waals surface area contributed by atoms with E-state index in [2.05, 4.69) is 10.3 Å². The van der Waals surface area contributed by atoms with Crippen LogP contribution in [0.1, 0.15) is 29.7 Å². The van der Waals surface area contributed by atoms with Gasteiger partial charge in [0.05, 0.1) is 6.04 Å². The van der Waals surface area contributed by atoms with E-state index in [0.29, 0.717) is 5.56 Å². The first-order chi connectivity index (χ1) is 15.5. The van der Waals surface area contributed by atoms with Gasteiger partial charge in [0, 0.05) is 25.4 Å². The molecular weight excluding hydrogens is 406 g/mol. The van der Waals surface area contributed by atoms with Crippen molar-refractivity contribution in [2.24, 2.45) is 0 Å². The van der Waals surface area contributed by atoms with Gasteiger partial charge in [-0.25, -0.2) is 9.69 Å². The third-order valence-electron chi connectivity index (χ3n) is 5.53. The van der Waals surface area contributed by atoms with Crippen LogP contribution >= 0.6 is 0 Å². The Hall–Kier alpha value is -4.00. The zero-order chi connectivity index (χ0) is 22.6. The highest BCUT2D eigenvalue weighted by atomic mass is 16.6. The Morgan fingerprint density at radius 3 is 2.31 bits per heavy atom. The van der Waals surface area contributed by atoms with E-state index in [9.17, 15) is 14.4 Å². The molecule has 32 heavy (non-hydrogen) atoms. The highest BCUT2D eigenvalue weighted by Crippen LogP contribution is 2.35. The molecule has 7 heteroatoms. The van der Waals surface area contributed by atoms with E-state index in [1.807, 2.05) is 54.6 Å². The molecule has 1 fully saturated rings. The zero-order valence-electron chi connectivity index (χ0n) is 17.6. The van der Waals surface area contributed by atoms with Crippen LogP contribution in [0.3, 0.4) is 0 Å². The number of carbonyl (C=O) groups excluding carboxylic acids is 3. The van der Waals surface area contributed by atoms with Gasteiger partial charge in [-0.3, -0.25) is 14.6 Å². The molecule has 1 saturated heterocycles. The maximum absolute atomic E-state index is 13.6. The first-order valence-electron chi connectivity index (χ1n) is 10.3. The lowest BCUT2D eigenvalue weighted by Crippen LogP contribution is -2.55. The molecule has 3 aromatic rings. The quantitative estimate of drug-likeness (QED) is 0.582. The minimum Gasteiger partial charge on any atom is -0.422 e. The summed E-state index contributed by atoms with van der Waals surface area (Å²) in [4.78, 5) is 44.9. The number of nitrogens with one attached hydrogen (secondary N) is 1. The highest BCUT2D eigenvalue weighted by molar-refractivity contribution is 6.17. The molecule has 0 bridgehead atoms. The Morgan fingerprint density at radius 1 is 1.00 bits per heavy atom. The first kappa shape index (κ1) is 21.2. The second-order valence-electron chi connectivity index (χ2n) is 7.66. The predicted octanol–water partition coefficient (Wildman–Crippen LogP) is 3.42. The number of carbonyl (C=O) groups is 3. The standard InChI is InChI=1S/C25H23N3O4/c1-18(21-12-6-3-7-13-21)28-23(30)25(32-24(28)31,15-19-9-4-2-5-10-19)22(29)27-17-20-11-8-14-26-16-20/h2-14,16,18H,15,17H2,1H3,(H,27,29)/t18-,25-/m1/s1. The van der Waals surface area contributed by atoms with E-state index in [1.165, 1.54) is 0 Å². The highest BCUT2D eigenvalue weighted by Gasteiger charge is 2.60. The molecule has 0 aliphatic carbocycles. The predicted molar refractivity (Wildman–Crippen MR) is 117 cm³/mol. The maximum atomic E-state index is 13.6. The number of ether oxygens (including phenoxy) is 1. The van der Waals surface area contributed by atoms with E-state index in [0.717, 1.165) is 16.0 Å². The summed E-state index contributed by atoms with van der Waals surface area (Å²) >= 11 is 0. The lowest BCUT2D eigenvalue weighted by atomic mass is 9.91. The van der Waals surface area contributed by atoms with Crippen molar-refractivity contribution in [2.75, 3.05) is 0 Å². The third kappa shape index (κ3) is 4.09. The van der Waals surface area contributed by atoms with Gasteiger partial charge in [-0.1, -0.05) is 66.7 Å². The summed E-state index contributed by atoms with van der Waals surface area (Å²) in [6, 6.07) is 21.2. The molecule has 162 valence electrons. The van der Waals surface area contributed by atoms with Crippen molar-refractivity contribution < 1.29 is 19.1 Å². The summed E-state index contributed by atoms with van der Waals surface area (Å²) in [6.07, 6.45) is 2.36. The normalized spacial score (nSPS) is 18.8. The first-order valence-corrected chi connectivity index (χ1v) is 10.3. The molecule has 4 rings (SSSR count). The Kier molecular flexibility index (Phi) is 5.98. The average molecular weight is 429 g/mol. The smallest absolute Gasteiger partial charge is 0.418 e. The number of nitrogens with zero attached hydrogens (tertiary/aromatic N) is 2. The Balaban J connectivity index is 1.65. The number of benzene rings is 2. The SMILES string of the molecule is C[C@H](c1ccccc1)N1C(=O)O[C@](Cc2ccccc2)(C(=O)NCc2cccnc2)C1=O. The van der Waals surface area contributed by atoms with Gasteiger partial charge in [0.2, 0.25) is 0 Å². The topological polar surface area (TPSA) is 88.6 Å². The van der Waals surface area contributed by atoms with E-state index < -0.39 is 29.6 Å². The Morgan fingerprint density at radius 2 is 1.66 bits per heavy atom. The van der Waals surface area contributed by atoms with Crippen molar-refractivity contribution >= 4 is 17.9 Å². The molecular formula is C25H23N3O4. The maximum Gasteiger partial charge on any atom is 0.418 e. The van der Waals surface area contributed by atoms with E-state index >= 15 is 0 Å². The van der Waals surface area contributed by atoms with Crippen LogP contribution in [0.15, 0.2) is 85.2 Å². The number of imide groups is 1. The number of hydrogen-bond donors (Lipinski definition) is 1. The van der Waals surface area contributed by atoms with Crippen LogP contribution < -0.4 is 5.32 Å². The van der Waals surface area contributed by atoms with Crippen molar-refractivity contribution in [3.05, 3.63) is 102 Å². The van der Waals surface area contributed by atoms with Crippen LogP contribution in [0.5, 0.6) is 0 Å². The molecule has 0 saturated carbocycles. The number of hydrogen-bond acceptors (Lipinski definition) is 5. The van der Waals surface area contributed by atoms with Gasteiger partial charge in [0.1, 0.15) is 0 Å². The van der Waals surface area contributed by atoms with Gasteiger partial charge in [-0.15, -0.1) is 0 Å². The summed E-state index contributed by atoms with van der Waals surface area (Å²) in [5.74, 6) is -1.34. The fourth-order valence-electron chi connectivity index (χ4n) is 3.78. The van der Waals surface area contributed by atoms with Gasteiger partial charge in [0.15, 0.2) is 0 Å². The zero-order valence-corrected chi connectivity index (χ0v) is 17.6. The summed E-state index contributed by atoms with van der Waals surface area (Å²) < 4.78 is 5.58. The summed E-state index contributed by atoms with van der Waals surface area (Å²) in [5, 5.41) is 2.75. The molecule has 0 spiro atoms. The Bertz CT molecular complexity index is 1110. The van der Waals surface area contributed by atoms with E-state index in [4.69, 9.17) is 4.74 Å². The number of amides is 3. The fraction of sp³-hybridized carbons (Fsp3) is 0.200. The summed E-state index contributed by atoms with van der Waals surface area (Å²) in [5.41, 5.74) is 0.259. The molecule has 3 amide bonds. The van der Waals surface area contributed by atoms with E-state index in [-0.39, 0.29) is 13.0 Å². The van der Waals surface area contributed by atoms with Gasteiger partial charge in [-0.2, -0.15) is 0 Å². The molecule has 2 heterocycles. The average Bonchev–Trinajstić information content (AvgIpc) is 3.08. The molecule has 1 aliphatic heterocycles. The van der Waals surface area contributed by atoms with Gasteiger partial charge in [0.25, 0.3) is 17.4 Å². The minimum absolute atomic E-state index is 0.0602. The second kappa shape index (κ2) is 9.01. The number of rotatable bonds is 7. The third-order valence-corrected chi connectivity index (χ3v) is 5.53.